The lowest BCUT2D eigenvalue weighted by molar-refractivity contribution is 0.0696. The Balaban J connectivity index is 1.84. The fourth-order valence-electron chi connectivity index (χ4n) is 3.24. The van der Waals surface area contributed by atoms with Gasteiger partial charge in [0.25, 0.3) is 5.91 Å². The molecule has 7 nitrogen and oxygen atoms in total. The van der Waals surface area contributed by atoms with Crippen LogP contribution in [0.25, 0.3) is 0 Å². The van der Waals surface area contributed by atoms with E-state index in [1.54, 1.807) is 25.3 Å². The van der Waals surface area contributed by atoms with E-state index in [0.29, 0.717) is 29.4 Å². The first-order chi connectivity index (χ1) is 15.9. The maximum atomic E-state index is 12.9. The number of amides is 1. The first-order valence-electron chi connectivity index (χ1n) is 10.5. The molecule has 0 bridgehead atoms. The van der Waals surface area contributed by atoms with Crippen LogP contribution in [0.15, 0.2) is 72.8 Å². The fourth-order valence-corrected chi connectivity index (χ4v) is 3.24. The van der Waals surface area contributed by atoms with E-state index in [1.807, 2.05) is 44.2 Å². The maximum Gasteiger partial charge on any atom is 0.335 e. The van der Waals surface area contributed by atoms with Gasteiger partial charge in [0.05, 0.1) is 12.2 Å². The van der Waals surface area contributed by atoms with Crippen LogP contribution >= 0.6 is 0 Å². The van der Waals surface area contributed by atoms with E-state index in [0.717, 1.165) is 5.56 Å². The fraction of sp³-hybridized carbons (Fsp3) is 0.231. The molecule has 0 aliphatic carbocycles. The highest BCUT2D eigenvalue weighted by molar-refractivity contribution is 6.05. The molecule has 0 unspecified atom stereocenters. The zero-order chi connectivity index (χ0) is 23.8. The van der Waals surface area contributed by atoms with Crippen LogP contribution in [0.2, 0.25) is 0 Å². The molecule has 172 valence electrons. The molecule has 33 heavy (non-hydrogen) atoms. The number of benzene rings is 3. The Morgan fingerprint density at radius 3 is 2.12 bits per heavy atom. The summed E-state index contributed by atoms with van der Waals surface area (Å²) in [6.07, 6.45) is -0.464. The molecule has 0 saturated heterocycles. The van der Waals surface area contributed by atoms with Crippen molar-refractivity contribution in [2.45, 2.75) is 26.1 Å². The summed E-state index contributed by atoms with van der Waals surface area (Å²) in [6, 6.07) is 20.7. The van der Waals surface area contributed by atoms with Crippen LogP contribution in [0, 0.1) is 0 Å². The minimum absolute atomic E-state index is 0.140. The van der Waals surface area contributed by atoms with E-state index in [2.05, 4.69) is 5.32 Å². The molecule has 0 aliphatic heterocycles. The summed E-state index contributed by atoms with van der Waals surface area (Å²) in [5.74, 6) is -0.444. The predicted molar refractivity (Wildman–Crippen MR) is 125 cm³/mol. The normalized spacial score (nSPS) is 12.5. The minimum atomic E-state index is -1.03. The third kappa shape index (κ3) is 6.82. The van der Waals surface area contributed by atoms with E-state index in [4.69, 9.17) is 19.3 Å². The highest BCUT2D eigenvalue weighted by Gasteiger charge is 2.15. The Kier molecular flexibility index (Phi) is 8.05. The summed E-state index contributed by atoms with van der Waals surface area (Å²) in [6.45, 7) is 4.19. The molecule has 0 radical (unpaired) electrons. The Hall–Kier alpha value is -3.84. The summed E-state index contributed by atoms with van der Waals surface area (Å²) in [5, 5.41) is 11.8. The number of hydrogen-bond acceptors (Lipinski definition) is 5. The molecular formula is C26H27NO6. The largest absolute Gasteiger partial charge is 0.488 e. The molecule has 0 heterocycles. The third-order valence-corrected chi connectivity index (χ3v) is 4.85. The number of carboxylic acid groups (broad SMARTS) is 1. The molecule has 0 spiro atoms. The van der Waals surface area contributed by atoms with Crippen molar-refractivity contribution < 1.29 is 28.9 Å². The molecule has 0 saturated carbocycles. The number of nitrogens with one attached hydrogen (secondary N) is 1. The van der Waals surface area contributed by atoms with Crippen molar-refractivity contribution in [1.29, 1.82) is 0 Å². The van der Waals surface area contributed by atoms with Crippen LogP contribution in [0.5, 0.6) is 11.5 Å². The van der Waals surface area contributed by atoms with Crippen molar-refractivity contribution in [2.75, 3.05) is 19.0 Å². The van der Waals surface area contributed by atoms with Crippen LogP contribution in [0.1, 0.15) is 46.2 Å². The highest BCUT2D eigenvalue weighted by atomic mass is 16.5. The van der Waals surface area contributed by atoms with Gasteiger partial charge in [-0.15, -0.1) is 0 Å². The van der Waals surface area contributed by atoms with Gasteiger partial charge in [-0.2, -0.15) is 0 Å². The third-order valence-electron chi connectivity index (χ3n) is 4.85. The van der Waals surface area contributed by atoms with Gasteiger partial charge >= 0.3 is 5.97 Å². The lowest BCUT2D eigenvalue weighted by Crippen LogP contribution is -2.19. The molecule has 0 aromatic heterocycles. The standard InChI is InChI=1S/C26H27NO6/c1-17(16-31-3)32-23-13-21(25(28)27-22-11-9-20(10-12-22)26(29)30)14-24(15-23)33-18(2)19-7-5-4-6-8-19/h4-15,17-18H,16H2,1-3H3,(H,27,28)(H,29,30)/t17-,18-/m0/s1. The van der Waals surface area contributed by atoms with Gasteiger partial charge in [0, 0.05) is 24.4 Å². The van der Waals surface area contributed by atoms with E-state index in [1.165, 1.54) is 24.3 Å². The van der Waals surface area contributed by atoms with Gasteiger partial charge in [-0.05, 0) is 55.8 Å². The van der Waals surface area contributed by atoms with Crippen molar-refractivity contribution >= 4 is 17.6 Å². The lowest BCUT2D eigenvalue weighted by atomic mass is 10.1. The molecule has 3 aromatic rings. The zero-order valence-corrected chi connectivity index (χ0v) is 18.8. The van der Waals surface area contributed by atoms with Crippen LogP contribution in [0.3, 0.4) is 0 Å². The van der Waals surface area contributed by atoms with E-state index < -0.39 is 5.97 Å². The van der Waals surface area contributed by atoms with Crippen molar-refractivity contribution in [3.63, 3.8) is 0 Å². The number of carboxylic acids is 1. The number of hydrogen-bond donors (Lipinski definition) is 2. The first kappa shape index (κ1) is 23.8. The quantitative estimate of drug-likeness (QED) is 0.442. The number of carbonyl (C=O) groups is 2. The summed E-state index contributed by atoms with van der Waals surface area (Å²) in [4.78, 5) is 24.0. The lowest BCUT2D eigenvalue weighted by Gasteiger charge is -2.19. The smallest absolute Gasteiger partial charge is 0.335 e. The van der Waals surface area contributed by atoms with Gasteiger partial charge in [-0.25, -0.2) is 4.79 Å². The molecule has 0 fully saturated rings. The van der Waals surface area contributed by atoms with Gasteiger partial charge in [0.1, 0.15) is 23.7 Å². The van der Waals surface area contributed by atoms with Crippen LogP contribution in [0.4, 0.5) is 5.69 Å². The summed E-state index contributed by atoms with van der Waals surface area (Å²) in [7, 11) is 1.59. The molecule has 0 aliphatic rings. The summed E-state index contributed by atoms with van der Waals surface area (Å²) >= 11 is 0. The SMILES string of the molecule is COC[C@H](C)Oc1cc(O[C@@H](C)c2ccccc2)cc(C(=O)Nc2ccc(C(=O)O)cc2)c1. The summed E-state index contributed by atoms with van der Waals surface area (Å²) in [5.41, 5.74) is 1.96. The monoisotopic (exact) mass is 449 g/mol. The molecule has 3 aromatic carbocycles. The van der Waals surface area contributed by atoms with Crippen molar-refractivity contribution in [3.8, 4) is 11.5 Å². The minimum Gasteiger partial charge on any atom is -0.488 e. The average molecular weight is 450 g/mol. The van der Waals surface area contributed by atoms with Crippen molar-refractivity contribution in [1.82, 2.24) is 0 Å². The number of anilines is 1. The van der Waals surface area contributed by atoms with Gasteiger partial charge < -0.3 is 24.6 Å². The predicted octanol–water partition coefficient (Wildman–Crippen LogP) is 5.19. The second-order valence-corrected chi connectivity index (χ2v) is 7.58. The topological polar surface area (TPSA) is 94.1 Å². The maximum absolute atomic E-state index is 12.9. The van der Waals surface area contributed by atoms with E-state index in [-0.39, 0.29) is 23.7 Å². The Morgan fingerprint density at radius 2 is 1.52 bits per heavy atom. The highest BCUT2D eigenvalue weighted by Crippen LogP contribution is 2.28. The molecular weight excluding hydrogens is 422 g/mol. The van der Waals surface area contributed by atoms with Crippen molar-refractivity contribution in [2.24, 2.45) is 0 Å². The van der Waals surface area contributed by atoms with Crippen molar-refractivity contribution in [3.05, 3.63) is 89.5 Å². The number of methoxy groups -OCH3 is 1. The number of carbonyl (C=O) groups excluding carboxylic acids is 1. The summed E-state index contributed by atoms with van der Waals surface area (Å²) < 4.78 is 17.2. The van der Waals surface area contributed by atoms with Gasteiger partial charge in [-0.3, -0.25) is 4.79 Å². The number of ether oxygens (including phenoxy) is 3. The average Bonchev–Trinajstić information content (AvgIpc) is 2.80. The molecule has 7 heteroatoms. The molecule has 1 amide bonds. The van der Waals surface area contributed by atoms with Crippen LogP contribution < -0.4 is 14.8 Å². The molecule has 2 atom stereocenters. The number of rotatable bonds is 10. The van der Waals surface area contributed by atoms with Crippen LogP contribution in [-0.2, 0) is 4.74 Å². The second kappa shape index (κ2) is 11.2. The number of aromatic carboxylic acids is 1. The van der Waals surface area contributed by atoms with E-state index >= 15 is 0 Å². The Bertz CT molecular complexity index is 1080. The van der Waals surface area contributed by atoms with Gasteiger partial charge in [-0.1, -0.05) is 30.3 Å². The Labute approximate surface area is 192 Å². The first-order valence-corrected chi connectivity index (χ1v) is 10.5. The van der Waals surface area contributed by atoms with Crippen LogP contribution in [-0.4, -0.2) is 36.8 Å². The Morgan fingerprint density at radius 1 is 0.879 bits per heavy atom. The van der Waals surface area contributed by atoms with Gasteiger partial charge in [0.2, 0.25) is 0 Å². The van der Waals surface area contributed by atoms with Gasteiger partial charge in [0.15, 0.2) is 0 Å². The molecule has 2 N–H and O–H groups in total. The second-order valence-electron chi connectivity index (χ2n) is 7.58. The molecule has 3 rings (SSSR count). The zero-order valence-electron chi connectivity index (χ0n) is 18.8. The van der Waals surface area contributed by atoms with E-state index in [9.17, 15) is 9.59 Å².